The number of phenolic OH excluding ortho intramolecular Hbond substituents is 2. The highest BCUT2D eigenvalue weighted by molar-refractivity contribution is 7.87. The fourth-order valence-corrected chi connectivity index (χ4v) is 8.19. The molecular weight excluding hydrogens is 689 g/mol. The van der Waals surface area contributed by atoms with E-state index < -0.39 is 26.0 Å². The molecule has 0 aromatic heterocycles. The van der Waals surface area contributed by atoms with Gasteiger partial charge in [-0.15, -0.1) is 0 Å². The highest BCUT2D eigenvalue weighted by atomic mass is 32.2. The lowest BCUT2D eigenvalue weighted by Gasteiger charge is -2.19. The van der Waals surface area contributed by atoms with Gasteiger partial charge >= 0.3 is 25.9 Å². The normalized spacial score (nSPS) is 11.6. The molecule has 0 aliphatic rings. The third kappa shape index (κ3) is 7.08. The molecule has 2 N–H and O–H groups in total. The second kappa shape index (κ2) is 14.1. The Hall–Kier alpha value is -5.90. The Kier molecular flexibility index (Phi) is 9.69. The number of phenols is 2. The first kappa shape index (κ1) is 34.9. The van der Waals surface area contributed by atoms with Crippen LogP contribution >= 0.6 is 0 Å². The van der Waals surface area contributed by atoms with Crippen LogP contribution in [0.15, 0.2) is 125 Å². The summed E-state index contributed by atoms with van der Waals surface area (Å²) in [5, 5.41) is 30.9. The van der Waals surface area contributed by atoms with Crippen molar-refractivity contribution in [3.63, 3.8) is 0 Å². The Labute approximate surface area is 296 Å². The Balaban J connectivity index is 1.45. The number of hydrogen-bond acceptors (Lipinski definition) is 9. The first-order valence-electron chi connectivity index (χ1n) is 16.0. The van der Waals surface area contributed by atoms with Crippen molar-refractivity contribution in [2.24, 2.45) is 0 Å². The summed E-state index contributed by atoms with van der Waals surface area (Å²) in [5.74, 6) is -0.187. The number of hydrogen-bond donors (Lipinski definition) is 2. The largest absolute Gasteiger partial charge is 0.507 e. The average Bonchev–Trinajstić information content (AvgIpc) is 3.12. The number of rotatable bonds is 11. The van der Waals surface area contributed by atoms with E-state index in [1.165, 1.54) is 42.5 Å². The van der Waals surface area contributed by atoms with Gasteiger partial charge in [0.05, 0.1) is 0 Å². The molecule has 0 spiro atoms. The topological polar surface area (TPSA) is 155 Å². The van der Waals surface area contributed by atoms with Crippen LogP contribution in [0.25, 0.3) is 15.7 Å². The van der Waals surface area contributed by atoms with Gasteiger partial charge in [0, 0.05) is 46.4 Å². The molecule has 6 aromatic carbocycles. The minimum atomic E-state index is -4.52. The minimum Gasteiger partial charge on any atom is -0.507 e. The Morgan fingerprint density at radius 1 is 0.588 bits per heavy atom. The maximum absolute atomic E-state index is 14.0. The van der Waals surface area contributed by atoms with Gasteiger partial charge in [0.25, 0.3) is 0 Å². The molecule has 258 valence electrons. The van der Waals surface area contributed by atoms with Crippen molar-refractivity contribution in [3.8, 4) is 23.0 Å². The highest BCUT2D eigenvalue weighted by Crippen LogP contribution is 2.40. The van der Waals surface area contributed by atoms with Crippen molar-refractivity contribution < 1.29 is 35.4 Å². The number of para-hydroxylation sites is 3. The van der Waals surface area contributed by atoms with Crippen LogP contribution in [0.1, 0.15) is 40.3 Å². The van der Waals surface area contributed by atoms with Crippen molar-refractivity contribution in [1.82, 2.24) is 0 Å². The van der Waals surface area contributed by atoms with Gasteiger partial charge in [0.2, 0.25) is 11.1 Å². The van der Waals surface area contributed by atoms with Crippen LogP contribution in [0.3, 0.4) is 0 Å². The van der Waals surface area contributed by atoms with Crippen LogP contribution in [-0.2, 0) is 39.5 Å². The van der Waals surface area contributed by atoms with Crippen LogP contribution in [-0.4, -0.2) is 27.0 Å². The van der Waals surface area contributed by atoms with Crippen LogP contribution in [0.2, 0.25) is 0 Å². The van der Waals surface area contributed by atoms with E-state index in [9.17, 15) is 32.4 Å². The average molecular weight is 722 g/mol. The SMILES string of the molecule is CCc1cccc(Cc2cccc(Cc3cccc(C)c3O)c2OS(=O)(=O)c2ccccc2)c1OS(=O)(=O)c1cccc2c(O)c([N+]#N)ccc12. The van der Waals surface area contributed by atoms with E-state index in [4.69, 9.17) is 8.37 Å². The molecule has 0 fully saturated rings. The molecule has 6 rings (SSSR count). The van der Waals surface area contributed by atoms with Crippen molar-refractivity contribution in [1.29, 1.82) is 5.39 Å². The van der Waals surface area contributed by atoms with Crippen LogP contribution in [0.5, 0.6) is 23.0 Å². The first-order chi connectivity index (χ1) is 24.4. The molecule has 0 unspecified atom stereocenters. The zero-order valence-corrected chi connectivity index (χ0v) is 29.3. The Morgan fingerprint density at radius 2 is 1.14 bits per heavy atom. The van der Waals surface area contributed by atoms with Gasteiger partial charge in [0.15, 0.2) is 4.98 Å². The molecule has 0 saturated heterocycles. The van der Waals surface area contributed by atoms with Gasteiger partial charge in [-0.05, 0) is 54.3 Å². The molecule has 0 amide bonds. The van der Waals surface area contributed by atoms with Crippen molar-refractivity contribution in [3.05, 3.63) is 154 Å². The fraction of sp³-hybridized carbons (Fsp3) is 0.128. The van der Waals surface area contributed by atoms with Gasteiger partial charge in [-0.25, -0.2) is 0 Å². The maximum atomic E-state index is 14.0. The van der Waals surface area contributed by atoms with Crippen LogP contribution in [0, 0.1) is 12.3 Å². The van der Waals surface area contributed by atoms with Crippen LogP contribution in [0.4, 0.5) is 5.69 Å². The molecule has 0 radical (unpaired) electrons. The van der Waals surface area contributed by atoms with Crippen molar-refractivity contribution >= 4 is 36.7 Å². The molecule has 10 nitrogen and oxygen atoms in total. The molecule has 0 aliphatic carbocycles. The highest BCUT2D eigenvalue weighted by Gasteiger charge is 2.27. The van der Waals surface area contributed by atoms with E-state index in [0.717, 1.165) is 0 Å². The van der Waals surface area contributed by atoms with E-state index >= 15 is 0 Å². The molecule has 6 aromatic rings. The number of diazo groups is 1. The van der Waals surface area contributed by atoms with E-state index in [0.29, 0.717) is 39.8 Å². The molecule has 51 heavy (non-hydrogen) atoms. The smallest absolute Gasteiger partial charge is 0.426 e. The lowest BCUT2D eigenvalue weighted by Crippen LogP contribution is -2.14. The summed E-state index contributed by atoms with van der Waals surface area (Å²) in [6.45, 7) is 3.62. The molecular formula is C39H33N2O8S2+. The van der Waals surface area contributed by atoms with Gasteiger partial charge in [0.1, 0.15) is 27.0 Å². The minimum absolute atomic E-state index is 0.0175. The molecule has 0 aliphatic heterocycles. The number of aromatic hydroxyl groups is 2. The predicted molar refractivity (Wildman–Crippen MR) is 193 cm³/mol. The van der Waals surface area contributed by atoms with Crippen molar-refractivity contribution in [2.75, 3.05) is 0 Å². The number of aryl methyl sites for hydroxylation is 2. The van der Waals surface area contributed by atoms with Crippen molar-refractivity contribution in [2.45, 2.75) is 42.9 Å². The third-order valence-corrected chi connectivity index (χ3v) is 11.1. The monoisotopic (exact) mass is 721 g/mol. The summed E-state index contributed by atoms with van der Waals surface area (Å²) in [5.41, 5.74) is 3.05. The molecule has 0 bridgehead atoms. The summed E-state index contributed by atoms with van der Waals surface area (Å²) < 4.78 is 67.0. The van der Waals surface area contributed by atoms with E-state index in [1.54, 1.807) is 79.7 Å². The Morgan fingerprint density at radius 3 is 1.78 bits per heavy atom. The van der Waals surface area contributed by atoms with Gasteiger partial charge in [-0.3, -0.25) is 0 Å². The molecule has 0 saturated carbocycles. The van der Waals surface area contributed by atoms with Gasteiger partial charge < -0.3 is 18.6 Å². The zero-order chi connectivity index (χ0) is 36.3. The number of nitrogens with zero attached hydrogens (tertiary/aromatic N) is 2. The number of fused-ring (bicyclic) bond motifs is 1. The zero-order valence-electron chi connectivity index (χ0n) is 27.6. The molecule has 12 heteroatoms. The Bertz CT molecular complexity index is 2550. The van der Waals surface area contributed by atoms with Crippen LogP contribution < -0.4 is 8.37 Å². The standard InChI is InChI=1S/C39H32N2O8S2/c1-3-26-12-8-14-29(38(26)49-51(46,47)35-20-10-19-33-32(35)21-22-34(41-40)37(33)43)24-30-16-9-15-28(23-27-13-7-11-25(2)36(27)42)39(30)48-50(44,45)31-17-5-4-6-18-31/h4-22H,3,23-24H2,1-2H3,(H-,42,43)/p+1. The summed E-state index contributed by atoms with van der Waals surface area (Å²) in [4.78, 5) is 2.79. The second-order valence-corrected chi connectivity index (χ2v) is 14.9. The lowest BCUT2D eigenvalue weighted by molar-refractivity contribution is 0.464. The number of benzene rings is 6. The fourth-order valence-electron chi connectivity index (χ4n) is 5.96. The van der Waals surface area contributed by atoms with E-state index in [1.807, 2.05) is 6.92 Å². The second-order valence-electron chi connectivity index (χ2n) is 11.9. The quantitative estimate of drug-likeness (QED) is 0.0992. The first-order valence-corrected chi connectivity index (χ1v) is 18.8. The summed E-state index contributed by atoms with van der Waals surface area (Å²) in [6.07, 6.45) is 0.575. The predicted octanol–water partition coefficient (Wildman–Crippen LogP) is 8.32. The summed E-state index contributed by atoms with van der Waals surface area (Å²) in [6, 6.07) is 30.4. The summed E-state index contributed by atoms with van der Waals surface area (Å²) >= 11 is 0. The lowest BCUT2D eigenvalue weighted by atomic mass is 9.95. The van der Waals surface area contributed by atoms with E-state index in [-0.39, 0.29) is 56.3 Å². The van der Waals surface area contributed by atoms with Gasteiger partial charge in [-0.2, -0.15) is 16.8 Å². The summed E-state index contributed by atoms with van der Waals surface area (Å²) in [7, 11) is -8.83. The van der Waals surface area contributed by atoms with Gasteiger partial charge in [-0.1, -0.05) is 91.9 Å². The maximum Gasteiger partial charge on any atom is 0.426 e. The molecule has 0 heterocycles. The molecule has 0 atom stereocenters. The van der Waals surface area contributed by atoms with E-state index in [2.05, 4.69) is 4.98 Å². The third-order valence-electron chi connectivity index (χ3n) is 8.59.